The van der Waals surface area contributed by atoms with Crippen molar-refractivity contribution in [2.75, 3.05) is 6.61 Å². The second-order valence-corrected chi connectivity index (χ2v) is 6.00. The van der Waals surface area contributed by atoms with Crippen molar-refractivity contribution in [3.63, 3.8) is 0 Å². The molecule has 23 heavy (non-hydrogen) atoms. The van der Waals surface area contributed by atoms with Crippen LogP contribution in [0, 0.1) is 0 Å². The molecule has 0 bridgehead atoms. The highest BCUT2D eigenvalue weighted by molar-refractivity contribution is 7.14. The molecule has 1 N–H and O–H groups in total. The number of benzene rings is 1. The van der Waals surface area contributed by atoms with Crippen molar-refractivity contribution in [3.8, 4) is 5.75 Å². The smallest absolute Gasteiger partial charge is 0.220 e. The summed E-state index contributed by atoms with van der Waals surface area (Å²) >= 11 is 1.47. The van der Waals surface area contributed by atoms with E-state index in [9.17, 15) is 4.79 Å². The number of amides is 1. The molecule has 3 aromatic rings. The van der Waals surface area contributed by atoms with Gasteiger partial charge in [0.25, 0.3) is 0 Å². The highest BCUT2D eigenvalue weighted by atomic mass is 32.1. The average Bonchev–Trinajstić information content (AvgIpc) is 3.14. The molecule has 6 nitrogen and oxygen atoms in total. The standard InChI is InChI=1S/C16H18N4O2S/c1-12(14-10-20-16(19-14)23-11-17-20)18-15(21)8-5-9-22-13-6-3-2-4-7-13/h2-4,6-7,10-12H,5,8-9H2,1H3,(H,18,21)/t12-/m0/s1. The van der Waals surface area contributed by atoms with Gasteiger partial charge in [0.2, 0.25) is 10.9 Å². The van der Waals surface area contributed by atoms with E-state index in [1.165, 1.54) is 11.3 Å². The van der Waals surface area contributed by atoms with Crippen LogP contribution in [0.3, 0.4) is 0 Å². The summed E-state index contributed by atoms with van der Waals surface area (Å²) in [5.41, 5.74) is 2.56. The number of rotatable bonds is 7. The van der Waals surface area contributed by atoms with E-state index in [-0.39, 0.29) is 11.9 Å². The van der Waals surface area contributed by atoms with Crippen molar-refractivity contribution >= 4 is 22.2 Å². The molecule has 0 spiro atoms. The third-order valence-corrected chi connectivity index (χ3v) is 4.08. The summed E-state index contributed by atoms with van der Waals surface area (Å²) in [7, 11) is 0. The van der Waals surface area contributed by atoms with Crippen LogP contribution in [0.25, 0.3) is 4.96 Å². The van der Waals surface area contributed by atoms with Crippen LogP contribution in [0.15, 0.2) is 42.0 Å². The molecule has 0 aliphatic carbocycles. The number of aromatic nitrogens is 3. The van der Waals surface area contributed by atoms with Crippen LogP contribution in [0.1, 0.15) is 31.5 Å². The fourth-order valence-corrected chi connectivity index (χ4v) is 2.80. The zero-order valence-electron chi connectivity index (χ0n) is 12.8. The maximum absolute atomic E-state index is 12.0. The molecular formula is C16H18N4O2S. The fourth-order valence-electron chi connectivity index (χ4n) is 2.19. The Balaban J connectivity index is 1.41. The van der Waals surface area contributed by atoms with E-state index >= 15 is 0 Å². The van der Waals surface area contributed by atoms with Crippen molar-refractivity contribution in [2.45, 2.75) is 25.8 Å². The minimum Gasteiger partial charge on any atom is -0.494 e. The maximum atomic E-state index is 12.0. The first-order valence-corrected chi connectivity index (χ1v) is 8.36. The molecule has 7 heteroatoms. The molecule has 1 amide bonds. The van der Waals surface area contributed by atoms with Crippen LogP contribution in [0.5, 0.6) is 5.75 Å². The molecule has 2 aromatic heterocycles. The molecule has 0 unspecified atom stereocenters. The number of carbonyl (C=O) groups excluding carboxylic acids is 1. The minimum absolute atomic E-state index is 0.00141. The summed E-state index contributed by atoms with van der Waals surface area (Å²) in [5.74, 6) is 0.824. The van der Waals surface area contributed by atoms with Crippen molar-refractivity contribution in [3.05, 3.63) is 47.7 Å². The van der Waals surface area contributed by atoms with Gasteiger partial charge in [-0.1, -0.05) is 29.5 Å². The predicted octanol–water partition coefficient (Wildman–Crippen LogP) is 2.83. The first kappa shape index (κ1) is 15.5. The molecule has 1 aromatic carbocycles. The Bertz CT molecular complexity index is 740. The van der Waals surface area contributed by atoms with E-state index in [1.54, 1.807) is 10.0 Å². The van der Waals surface area contributed by atoms with Crippen molar-refractivity contribution in [1.29, 1.82) is 0 Å². The average molecular weight is 330 g/mol. The highest BCUT2D eigenvalue weighted by Crippen LogP contribution is 2.15. The Labute approximate surface area is 138 Å². The molecule has 0 aliphatic rings. The molecule has 120 valence electrons. The van der Waals surface area contributed by atoms with Gasteiger partial charge in [0.15, 0.2) is 0 Å². The molecule has 1 atom stereocenters. The summed E-state index contributed by atoms with van der Waals surface area (Å²) in [6.07, 6.45) is 2.94. The molecule has 0 radical (unpaired) electrons. The summed E-state index contributed by atoms with van der Waals surface area (Å²) in [6.45, 7) is 2.45. The number of nitrogens with zero attached hydrogens (tertiary/aromatic N) is 3. The van der Waals surface area contributed by atoms with Gasteiger partial charge < -0.3 is 10.1 Å². The Hall–Kier alpha value is -2.41. The van der Waals surface area contributed by atoms with Crippen LogP contribution >= 0.6 is 11.3 Å². The van der Waals surface area contributed by atoms with Gasteiger partial charge in [-0.05, 0) is 25.5 Å². The van der Waals surface area contributed by atoms with E-state index < -0.39 is 0 Å². The summed E-state index contributed by atoms with van der Waals surface area (Å²) in [5, 5.41) is 7.09. The second-order valence-electron chi connectivity index (χ2n) is 5.19. The van der Waals surface area contributed by atoms with Gasteiger partial charge in [0.05, 0.1) is 24.5 Å². The van der Waals surface area contributed by atoms with E-state index in [0.717, 1.165) is 16.4 Å². The Morgan fingerprint density at radius 3 is 3.00 bits per heavy atom. The van der Waals surface area contributed by atoms with E-state index in [4.69, 9.17) is 4.74 Å². The first-order valence-electron chi connectivity index (χ1n) is 7.48. The number of carbonyl (C=O) groups is 1. The lowest BCUT2D eigenvalue weighted by Crippen LogP contribution is -2.27. The van der Waals surface area contributed by atoms with Crippen LogP contribution in [0.4, 0.5) is 0 Å². The molecule has 0 aliphatic heterocycles. The van der Waals surface area contributed by atoms with Crippen molar-refractivity contribution in [1.82, 2.24) is 19.9 Å². The number of fused-ring (bicyclic) bond motifs is 1. The normalized spacial score (nSPS) is 12.2. The van der Waals surface area contributed by atoms with Gasteiger partial charge in [0, 0.05) is 6.42 Å². The lowest BCUT2D eigenvalue weighted by atomic mass is 10.2. The zero-order chi connectivity index (χ0) is 16.1. The van der Waals surface area contributed by atoms with Crippen molar-refractivity contribution in [2.24, 2.45) is 0 Å². The van der Waals surface area contributed by atoms with Gasteiger partial charge >= 0.3 is 0 Å². The van der Waals surface area contributed by atoms with Gasteiger partial charge in [-0.2, -0.15) is 5.10 Å². The number of hydrogen-bond acceptors (Lipinski definition) is 5. The summed E-state index contributed by atoms with van der Waals surface area (Å²) in [6, 6.07) is 9.47. The largest absolute Gasteiger partial charge is 0.494 e. The van der Waals surface area contributed by atoms with Gasteiger partial charge in [-0.25, -0.2) is 9.50 Å². The number of imidazole rings is 1. The fraction of sp³-hybridized carbons (Fsp3) is 0.312. The monoisotopic (exact) mass is 330 g/mol. The number of para-hydroxylation sites is 1. The van der Waals surface area contributed by atoms with Gasteiger partial charge in [-0.15, -0.1) is 0 Å². The zero-order valence-corrected chi connectivity index (χ0v) is 13.6. The van der Waals surface area contributed by atoms with Gasteiger partial charge in [0.1, 0.15) is 11.3 Å². The Kier molecular flexibility index (Phi) is 4.87. The van der Waals surface area contributed by atoms with Crippen LogP contribution in [-0.4, -0.2) is 27.1 Å². The minimum atomic E-state index is -0.133. The topological polar surface area (TPSA) is 68.5 Å². The molecule has 3 rings (SSSR count). The third-order valence-electron chi connectivity index (χ3n) is 3.39. The molecule has 2 heterocycles. The second kappa shape index (κ2) is 7.23. The van der Waals surface area contributed by atoms with Crippen LogP contribution in [-0.2, 0) is 4.79 Å². The Morgan fingerprint density at radius 2 is 2.22 bits per heavy atom. The lowest BCUT2D eigenvalue weighted by Gasteiger charge is -2.11. The Morgan fingerprint density at radius 1 is 1.39 bits per heavy atom. The highest BCUT2D eigenvalue weighted by Gasteiger charge is 2.13. The molecule has 0 saturated carbocycles. The summed E-state index contributed by atoms with van der Waals surface area (Å²) in [4.78, 5) is 17.2. The van der Waals surface area contributed by atoms with Crippen LogP contribution < -0.4 is 10.1 Å². The molecule has 0 fully saturated rings. The van der Waals surface area contributed by atoms with Crippen molar-refractivity contribution < 1.29 is 9.53 Å². The molecule has 0 saturated heterocycles. The maximum Gasteiger partial charge on any atom is 0.220 e. The quantitative estimate of drug-likeness (QED) is 0.676. The van der Waals surface area contributed by atoms with E-state index in [0.29, 0.717) is 19.4 Å². The predicted molar refractivity (Wildman–Crippen MR) is 88.6 cm³/mol. The third kappa shape index (κ3) is 4.07. The van der Waals surface area contributed by atoms with E-state index in [2.05, 4.69) is 15.4 Å². The van der Waals surface area contributed by atoms with Gasteiger partial charge in [-0.3, -0.25) is 4.79 Å². The molecular weight excluding hydrogens is 312 g/mol. The lowest BCUT2D eigenvalue weighted by molar-refractivity contribution is -0.122. The summed E-state index contributed by atoms with van der Waals surface area (Å²) < 4.78 is 7.29. The van der Waals surface area contributed by atoms with Crippen LogP contribution in [0.2, 0.25) is 0 Å². The number of nitrogens with one attached hydrogen (secondary N) is 1. The van der Waals surface area contributed by atoms with E-state index in [1.807, 2.05) is 43.5 Å². The number of hydrogen-bond donors (Lipinski definition) is 1. The first-order chi connectivity index (χ1) is 11.2. The SMILES string of the molecule is C[C@H](NC(=O)CCCOc1ccccc1)c1cn2ncsc2n1. The number of ether oxygens (including phenoxy) is 1.